The monoisotopic (exact) mass is 276 g/mol. The molecule has 0 bridgehead atoms. The number of carbonyl (C=O) groups excluding carboxylic acids is 1. The van der Waals surface area contributed by atoms with Crippen molar-refractivity contribution in [3.8, 4) is 5.75 Å². The standard InChI is InChI=1S/C14H16N2O2S/c1-14(2,13-15-8-9-19-13)16-12(17)10-18-11-6-4-3-5-7-11/h3-9H,10H2,1-2H3,(H,16,17). The molecule has 2 rings (SSSR count). The molecule has 0 saturated carbocycles. The van der Waals surface area contributed by atoms with Crippen LogP contribution in [-0.4, -0.2) is 17.5 Å². The maximum Gasteiger partial charge on any atom is 0.258 e. The van der Waals surface area contributed by atoms with Crippen molar-refractivity contribution < 1.29 is 9.53 Å². The molecule has 2 aromatic rings. The van der Waals surface area contributed by atoms with Gasteiger partial charge in [-0.2, -0.15) is 0 Å². The van der Waals surface area contributed by atoms with Crippen molar-refractivity contribution in [2.45, 2.75) is 19.4 Å². The van der Waals surface area contributed by atoms with Crippen molar-refractivity contribution in [3.63, 3.8) is 0 Å². The second kappa shape index (κ2) is 5.84. The van der Waals surface area contributed by atoms with Gasteiger partial charge in [-0.1, -0.05) is 18.2 Å². The molecule has 19 heavy (non-hydrogen) atoms. The maximum absolute atomic E-state index is 11.9. The lowest BCUT2D eigenvalue weighted by Gasteiger charge is -2.23. The average molecular weight is 276 g/mol. The van der Waals surface area contributed by atoms with Gasteiger partial charge >= 0.3 is 0 Å². The van der Waals surface area contributed by atoms with Crippen molar-refractivity contribution in [1.29, 1.82) is 0 Å². The van der Waals surface area contributed by atoms with Crippen LogP contribution < -0.4 is 10.1 Å². The third-order valence-electron chi connectivity index (χ3n) is 2.53. The summed E-state index contributed by atoms with van der Waals surface area (Å²) >= 11 is 1.52. The number of thiazole rings is 1. The summed E-state index contributed by atoms with van der Waals surface area (Å²) in [7, 11) is 0. The van der Waals surface area contributed by atoms with Gasteiger partial charge in [0.05, 0.1) is 5.54 Å². The van der Waals surface area contributed by atoms with Crippen molar-refractivity contribution in [3.05, 3.63) is 46.9 Å². The smallest absolute Gasteiger partial charge is 0.258 e. The Labute approximate surface area is 116 Å². The quantitative estimate of drug-likeness (QED) is 0.913. The fourth-order valence-electron chi connectivity index (χ4n) is 1.64. The minimum atomic E-state index is -0.481. The number of carbonyl (C=O) groups is 1. The number of rotatable bonds is 5. The molecule has 1 amide bonds. The molecule has 0 saturated heterocycles. The first-order valence-corrected chi connectivity index (χ1v) is 6.85. The Morgan fingerprint density at radius 2 is 2.11 bits per heavy atom. The fourth-order valence-corrected chi connectivity index (χ4v) is 2.35. The van der Waals surface area contributed by atoms with Gasteiger partial charge in [-0.05, 0) is 26.0 Å². The molecule has 0 fully saturated rings. The van der Waals surface area contributed by atoms with Gasteiger partial charge in [0.2, 0.25) is 0 Å². The highest BCUT2D eigenvalue weighted by Gasteiger charge is 2.25. The molecule has 0 atom stereocenters. The third kappa shape index (κ3) is 3.79. The van der Waals surface area contributed by atoms with Crippen molar-refractivity contribution in [1.82, 2.24) is 10.3 Å². The number of benzene rings is 1. The van der Waals surface area contributed by atoms with Crippen molar-refractivity contribution in [2.75, 3.05) is 6.61 Å². The molecule has 0 radical (unpaired) electrons. The fraction of sp³-hybridized carbons (Fsp3) is 0.286. The Balaban J connectivity index is 1.88. The molecule has 0 unspecified atom stereocenters. The summed E-state index contributed by atoms with van der Waals surface area (Å²) < 4.78 is 5.40. The van der Waals surface area contributed by atoms with Gasteiger partial charge < -0.3 is 10.1 Å². The van der Waals surface area contributed by atoms with Crippen LogP contribution in [0.25, 0.3) is 0 Å². The Kier molecular flexibility index (Phi) is 4.16. The van der Waals surface area contributed by atoms with E-state index < -0.39 is 5.54 Å². The first kappa shape index (κ1) is 13.5. The molecule has 1 heterocycles. The molecule has 0 spiro atoms. The second-order valence-electron chi connectivity index (χ2n) is 4.61. The summed E-state index contributed by atoms with van der Waals surface area (Å²) in [5.41, 5.74) is -0.481. The molecule has 1 N–H and O–H groups in total. The van der Waals surface area contributed by atoms with Crippen LogP contribution in [0.2, 0.25) is 0 Å². The molecule has 5 heteroatoms. The van der Waals surface area contributed by atoms with E-state index >= 15 is 0 Å². The predicted molar refractivity (Wildman–Crippen MR) is 75.2 cm³/mol. The normalized spacial score (nSPS) is 11.1. The molecular weight excluding hydrogens is 260 g/mol. The highest BCUT2D eigenvalue weighted by Crippen LogP contribution is 2.21. The van der Waals surface area contributed by atoms with Gasteiger partial charge in [0.25, 0.3) is 5.91 Å². The average Bonchev–Trinajstić information content (AvgIpc) is 2.92. The predicted octanol–water partition coefficient (Wildman–Crippen LogP) is 2.57. The Bertz CT molecular complexity index is 524. The van der Waals surface area contributed by atoms with Crippen molar-refractivity contribution >= 4 is 17.2 Å². The van der Waals surface area contributed by atoms with Crippen LogP contribution in [0.4, 0.5) is 0 Å². The number of hydrogen-bond acceptors (Lipinski definition) is 4. The number of nitrogens with one attached hydrogen (secondary N) is 1. The van der Waals surface area contributed by atoms with Gasteiger partial charge in [-0.15, -0.1) is 11.3 Å². The zero-order valence-electron chi connectivity index (χ0n) is 10.9. The van der Waals surface area contributed by atoms with Crippen LogP contribution in [0.15, 0.2) is 41.9 Å². The Hall–Kier alpha value is -1.88. The van der Waals surface area contributed by atoms with E-state index in [0.29, 0.717) is 5.75 Å². The first-order chi connectivity index (χ1) is 9.08. The number of nitrogens with zero attached hydrogens (tertiary/aromatic N) is 1. The van der Waals surface area contributed by atoms with Crippen LogP contribution in [0.3, 0.4) is 0 Å². The van der Waals surface area contributed by atoms with Gasteiger partial charge in [0.1, 0.15) is 10.8 Å². The van der Waals surface area contributed by atoms with Gasteiger partial charge in [-0.3, -0.25) is 4.79 Å². The van der Waals surface area contributed by atoms with E-state index in [0.717, 1.165) is 5.01 Å². The van der Waals surface area contributed by atoms with Crippen LogP contribution >= 0.6 is 11.3 Å². The number of hydrogen-bond donors (Lipinski definition) is 1. The highest BCUT2D eigenvalue weighted by atomic mass is 32.1. The molecule has 1 aromatic carbocycles. The highest BCUT2D eigenvalue weighted by molar-refractivity contribution is 7.09. The first-order valence-electron chi connectivity index (χ1n) is 5.97. The van der Waals surface area contributed by atoms with Gasteiger partial charge in [0.15, 0.2) is 6.61 Å². The summed E-state index contributed by atoms with van der Waals surface area (Å²) in [6, 6.07) is 9.27. The molecule has 4 nitrogen and oxygen atoms in total. The minimum absolute atomic E-state index is 0.00117. The van der Waals surface area contributed by atoms with Crippen LogP contribution in [0.5, 0.6) is 5.75 Å². The van der Waals surface area contributed by atoms with E-state index in [9.17, 15) is 4.79 Å². The molecular formula is C14H16N2O2S. The lowest BCUT2D eigenvalue weighted by Crippen LogP contribution is -2.43. The van der Waals surface area contributed by atoms with Gasteiger partial charge in [-0.25, -0.2) is 4.98 Å². The van der Waals surface area contributed by atoms with E-state index in [1.807, 2.05) is 49.6 Å². The van der Waals surface area contributed by atoms with Crippen LogP contribution in [0, 0.1) is 0 Å². The van der Waals surface area contributed by atoms with Crippen LogP contribution in [0.1, 0.15) is 18.9 Å². The van der Waals surface area contributed by atoms with Gasteiger partial charge in [0, 0.05) is 11.6 Å². The SMILES string of the molecule is CC(C)(NC(=O)COc1ccccc1)c1nccs1. The van der Waals surface area contributed by atoms with Crippen molar-refractivity contribution in [2.24, 2.45) is 0 Å². The maximum atomic E-state index is 11.9. The molecule has 1 aromatic heterocycles. The number of amides is 1. The zero-order valence-corrected chi connectivity index (χ0v) is 11.7. The number of ether oxygens (including phenoxy) is 1. The second-order valence-corrected chi connectivity index (χ2v) is 5.51. The third-order valence-corrected chi connectivity index (χ3v) is 3.63. The zero-order chi connectivity index (χ0) is 13.7. The summed E-state index contributed by atoms with van der Waals surface area (Å²) in [5, 5.41) is 5.68. The molecule has 0 aliphatic heterocycles. The van der Waals surface area contributed by atoms with E-state index in [4.69, 9.17) is 4.74 Å². The molecule has 0 aliphatic carbocycles. The minimum Gasteiger partial charge on any atom is -0.484 e. The van der Waals surface area contributed by atoms with E-state index in [1.165, 1.54) is 11.3 Å². The summed E-state index contributed by atoms with van der Waals surface area (Å²) in [4.78, 5) is 16.1. The molecule has 100 valence electrons. The topological polar surface area (TPSA) is 51.2 Å². The lowest BCUT2D eigenvalue weighted by atomic mass is 10.1. The Morgan fingerprint density at radius 3 is 2.74 bits per heavy atom. The van der Waals surface area contributed by atoms with Crippen LogP contribution in [-0.2, 0) is 10.3 Å². The van der Waals surface area contributed by atoms with E-state index in [1.54, 1.807) is 6.20 Å². The summed E-state index contributed by atoms with van der Waals surface area (Å²) in [6.07, 6.45) is 1.73. The van der Waals surface area contributed by atoms with E-state index in [2.05, 4.69) is 10.3 Å². The largest absolute Gasteiger partial charge is 0.484 e. The molecule has 0 aliphatic rings. The number of para-hydroxylation sites is 1. The number of aromatic nitrogens is 1. The summed E-state index contributed by atoms with van der Waals surface area (Å²) in [5.74, 6) is 0.522. The Morgan fingerprint density at radius 1 is 1.37 bits per heavy atom. The summed E-state index contributed by atoms with van der Waals surface area (Å²) in [6.45, 7) is 3.84. The van der Waals surface area contributed by atoms with E-state index in [-0.39, 0.29) is 12.5 Å². The lowest BCUT2D eigenvalue weighted by molar-refractivity contribution is -0.124.